The lowest BCUT2D eigenvalue weighted by atomic mass is 10.1. The molecule has 2 aromatic heterocycles. The minimum Gasteiger partial charge on any atom is -0.391 e. The number of halogens is 1. The van der Waals surface area contributed by atoms with Gasteiger partial charge in [0.05, 0.1) is 17.2 Å². The molecule has 0 radical (unpaired) electrons. The van der Waals surface area contributed by atoms with Gasteiger partial charge < -0.3 is 15.3 Å². The Morgan fingerprint density at radius 1 is 1.39 bits per heavy atom. The molecule has 2 atom stereocenters. The molecule has 1 saturated heterocycles. The number of likely N-dealkylation sites (tertiary alicyclic amines) is 1. The Labute approximate surface area is 165 Å². The molecule has 3 aromatic rings. The number of hydrogen-bond donors (Lipinski definition) is 2. The van der Waals surface area contributed by atoms with Crippen molar-refractivity contribution in [1.29, 1.82) is 0 Å². The maximum atomic E-state index is 13.5. The van der Waals surface area contributed by atoms with Crippen molar-refractivity contribution in [1.82, 2.24) is 19.9 Å². The molecule has 1 amide bonds. The van der Waals surface area contributed by atoms with Gasteiger partial charge in [-0.1, -0.05) is 12.1 Å². The normalized spacial score (nSPS) is 17.9. The molecule has 0 spiro atoms. The molecule has 7 nitrogen and oxygen atoms in total. The second kappa shape index (κ2) is 7.40. The number of nitrogens with one attached hydrogen (secondary N) is 1. The van der Waals surface area contributed by atoms with E-state index in [1.807, 2.05) is 19.9 Å². The number of fused-ring (bicyclic) bond motifs is 1. The molecule has 0 bridgehead atoms. The van der Waals surface area contributed by atoms with Gasteiger partial charge in [0.2, 0.25) is 5.95 Å². The molecule has 1 fully saturated rings. The quantitative estimate of drug-likeness (QED) is 0.699. The molecular weight excluding hydrogens is 381 g/mol. The number of aryl methyl sites for hydroxylation is 1. The van der Waals surface area contributed by atoms with E-state index in [1.54, 1.807) is 11.0 Å². The lowest BCUT2D eigenvalue weighted by Crippen LogP contribution is -2.30. The number of benzene rings is 1. The molecule has 146 valence electrons. The van der Waals surface area contributed by atoms with Crippen LogP contribution in [0.5, 0.6) is 0 Å². The number of aromatic nitrogens is 3. The first-order valence-corrected chi connectivity index (χ1v) is 9.87. The van der Waals surface area contributed by atoms with Crippen molar-refractivity contribution >= 4 is 33.5 Å². The molecule has 28 heavy (non-hydrogen) atoms. The van der Waals surface area contributed by atoms with Crippen LogP contribution in [0.15, 0.2) is 24.3 Å². The predicted molar refractivity (Wildman–Crippen MR) is 105 cm³/mol. The van der Waals surface area contributed by atoms with Crippen molar-refractivity contribution in [2.45, 2.75) is 32.4 Å². The van der Waals surface area contributed by atoms with E-state index in [9.17, 15) is 14.3 Å². The number of nitrogens with zero attached hydrogens (tertiary/aromatic N) is 4. The van der Waals surface area contributed by atoms with Crippen molar-refractivity contribution < 1.29 is 14.3 Å². The molecule has 1 aromatic carbocycles. The molecule has 0 aliphatic carbocycles. The number of rotatable bonds is 4. The van der Waals surface area contributed by atoms with Gasteiger partial charge >= 0.3 is 0 Å². The first-order valence-electron chi connectivity index (χ1n) is 9.05. The monoisotopic (exact) mass is 401 g/mol. The third kappa shape index (κ3) is 3.67. The SMILES string of the molecule is Cc1nc2nc(NC(C)c3cccc(F)c3)nc(C(=O)N3CCC(O)C3)c2s1. The Hall–Kier alpha value is -2.65. The molecule has 2 unspecified atom stereocenters. The highest BCUT2D eigenvalue weighted by Crippen LogP contribution is 2.27. The van der Waals surface area contributed by atoms with Crippen molar-refractivity contribution in [3.63, 3.8) is 0 Å². The molecule has 1 aliphatic heterocycles. The number of β-amino-alcohol motifs (C(OH)–C–C–N with tert-alkyl or cyclic N) is 1. The summed E-state index contributed by atoms with van der Waals surface area (Å²) in [5.74, 6) is -0.298. The summed E-state index contributed by atoms with van der Waals surface area (Å²) in [6, 6.07) is 6.03. The summed E-state index contributed by atoms with van der Waals surface area (Å²) >= 11 is 1.37. The summed E-state index contributed by atoms with van der Waals surface area (Å²) < 4.78 is 14.1. The highest BCUT2D eigenvalue weighted by atomic mass is 32.1. The van der Waals surface area contributed by atoms with Gasteiger partial charge in [0.15, 0.2) is 11.3 Å². The van der Waals surface area contributed by atoms with Gasteiger partial charge in [-0.05, 0) is 38.0 Å². The zero-order chi connectivity index (χ0) is 19.8. The summed E-state index contributed by atoms with van der Waals surface area (Å²) in [7, 11) is 0. The summed E-state index contributed by atoms with van der Waals surface area (Å²) in [5, 5.41) is 13.7. The third-order valence-corrected chi connectivity index (χ3v) is 5.67. The van der Waals surface area contributed by atoms with Crippen LogP contribution >= 0.6 is 11.3 Å². The van der Waals surface area contributed by atoms with E-state index in [1.165, 1.54) is 23.5 Å². The van der Waals surface area contributed by atoms with Gasteiger partial charge in [-0.2, -0.15) is 4.98 Å². The van der Waals surface area contributed by atoms with E-state index in [2.05, 4.69) is 20.3 Å². The second-order valence-corrected chi connectivity index (χ2v) is 8.10. The number of hydrogen-bond acceptors (Lipinski definition) is 7. The van der Waals surface area contributed by atoms with Gasteiger partial charge in [-0.25, -0.2) is 14.4 Å². The van der Waals surface area contributed by atoms with Crippen molar-refractivity contribution in [2.24, 2.45) is 0 Å². The minimum absolute atomic E-state index is 0.242. The Bertz CT molecular complexity index is 1040. The van der Waals surface area contributed by atoms with E-state index < -0.39 is 6.10 Å². The lowest BCUT2D eigenvalue weighted by molar-refractivity contribution is 0.0761. The largest absolute Gasteiger partial charge is 0.391 e. The van der Waals surface area contributed by atoms with Crippen LogP contribution in [0.2, 0.25) is 0 Å². The Morgan fingerprint density at radius 3 is 2.93 bits per heavy atom. The maximum Gasteiger partial charge on any atom is 0.274 e. The van der Waals surface area contributed by atoms with Crippen LogP contribution in [0.1, 0.15) is 40.4 Å². The first-order chi connectivity index (χ1) is 13.4. The second-order valence-electron chi connectivity index (χ2n) is 6.90. The Balaban J connectivity index is 1.68. The van der Waals surface area contributed by atoms with E-state index in [0.717, 1.165) is 10.6 Å². The van der Waals surface area contributed by atoms with Gasteiger partial charge in [-0.15, -0.1) is 11.3 Å². The highest BCUT2D eigenvalue weighted by molar-refractivity contribution is 7.18. The van der Waals surface area contributed by atoms with Crippen LogP contribution in [0.25, 0.3) is 10.3 Å². The minimum atomic E-state index is -0.505. The number of carbonyl (C=O) groups excluding carboxylic acids is 1. The van der Waals surface area contributed by atoms with Crippen LogP contribution in [0.4, 0.5) is 10.3 Å². The molecule has 4 rings (SSSR count). The van der Waals surface area contributed by atoms with E-state index >= 15 is 0 Å². The molecule has 3 heterocycles. The topological polar surface area (TPSA) is 91.2 Å². The third-order valence-electron chi connectivity index (χ3n) is 4.71. The fraction of sp³-hybridized carbons (Fsp3) is 0.368. The Kier molecular flexibility index (Phi) is 4.94. The Morgan fingerprint density at radius 2 is 2.21 bits per heavy atom. The number of amides is 1. The van der Waals surface area contributed by atoms with Crippen molar-refractivity contribution in [3.05, 3.63) is 46.3 Å². The van der Waals surface area contributed by atoms with Crippen LogP contribution < -0.4 is 5.32 Å². The standard InChI is InChI=1S/C19H20FN5O2S/c1-10(12-4-3-5-13(20)8-12)21-19-23-15(16-17(24-19)22-11(2)28-16)18(27)25-7-6-14(26)9-25/h3-5,8,10,14,26H,6-7,9H2,1-2H3,(H,21,23,24). The summed E-state index contributed by atoms with van der Waals surface area (Å²) in [5.41, 5.74) is 1.47. The van der Waals surface area contributed by atoms with E-state index in [-0.39, 0.29) is 29.4 Å². The number of aliphatic hydroxyl groups excluding tert-OH is 1. The fourth-order valence-electron chi connectivity index (χ4n) is 3.27. The zero-order valence-corrected chi connectivity index (χ0v) is 16.3. The van der Waals surface area contributed by atoms with Gasteiger partial charge in [0, 0.05) is 13.1 Å². The van der Waals surface area contributed by atoms with E-state index in [4.69, 9.17) is 0 Å². The molecular formula is C19H20FN5O2S. The van der Waals surface area contributed by atoms with Crippen LogP contribution in [-0.2, 0) is 0 Å². The number of carbonyl (C=O) groups is 1. The van der Waals surface area contributed by atoms with Crippen molar-refractivity contribution in [3.8, 4) is 0 Å². The number of thiazole rings is 1. The zero-order valence-electron chi connectivity index (χ0n) is 15.5. The molecule has 9 heteroatoms. The first kappa shape index (κ1) is 18.7. The average molecular weight is 401 g/mol. The van der Waals surface area contributed by atoms with Crippen molar-refractivity contribution in [2.75, 3.05) is 18.4 Å². The van der Waals surface area contributed by atoms with Gasteiger partial charge in [0.1, 0.15) is 10.5 Å². The summed E-state index contributed by atoms with van der Waals surface area (Å²) in [6.07, 6.45) is 0.0544. The number of anilines is 1. The predicted octanol–water partition coefficient (Wildman–Crippen LogP) is 2.91. The average Bonchev–Trinajstić information content (AvgIpc) is 3.25. The summed E-state index contributed by atoms with van der Waals surface area (Å²) in [6.45, 7) is 4.51. The van der Waals surface area contributed by atoms with Crippen LogP contribution in [0.3, 0.4) is 0 Å². The lowest BCUT2D eigenvalue weighted by Gasteiger charge is -2.17. The van der Waals surface area contributed by atoms with Crippen LogP contribution in [-0.4, -0.2) is 50.1 Å². The smallest absolute Gasteiger partial charge is 0.274 e. The number of aliphatic hydroxyl groups is 1. The maximum absolute atomic E-state index is 13.5. The van der Waals surface area contributed by atoms with E-state index in [0.29, 0.717) is 29.9 Å². The molecule has 1 aliphatic rings. The van der Waals surface area contributed by atoms with Gasteiger partial charge in [0.25, 0.3) is 5.91 Å². The molecule has 0 saturated carbocycles. The van der Waals surface area contributed by atoms with Crippen LogP contribution in [0, 0.1) is 12.7 Å². The van der Waals surface area contributed by atoms with Gasteiger partial charge in [-0.3, -0.25) is 4.79 Å². The highest BCUT2D eigenvalue weighted by Gasteiger charge is 2.29. The summed E-state index contributed by atoms with van der Waals surface area (Å²) in [4.78, 5) is 27.9. The molecule has 2 N–H and O–H groups in total. The fourth-order valence-corrected chi connectivity index (χ4v) is 4.11.